The van der Waals surface area contributed by atoms with E-state index in [9.17, 15) is 29.4 Å². The minimum Gasteiger partial charge on any atom is -0.507 e. The number of carbonyl (C=O) groups is 4. The Balaban J connectivity index is 1.57. The van der Waals surface area contributed by atoms with Crippen molar-refractivity contribution in [2.45, 2.75) is 51.7 Å². The highest BCUT2D eigenvalue weighted by molar-refractivity contribution is 6.32. The van der Waals surface area contributed by atoms with Crippen LogP contribution in [0.4, 0.5) is 0 Å². The first kappa shape index (κ1) is 27.6. The van der Waals surface area contributed by atoms with Crippen molar-refractivity contribution in [3.8, 4) is 11.5 Å². The molecule has 0 bridgehead atoms. The summed E-state index contributed by atoms with van der Waals surface area (Å²) in [5, 5.41) is 31.2. The second-order valence-electron chi connectivity index (χ2n) is 11.8. The summed E-state index contributed by atoms with van der Waals surface area (Å²) in [4.78, 5) is 54.7. The van der Waals surface area contributed by atoms with Crippen LogP contribution in [0, 0.1) is 35.0 Å². The summed E-state index contributed by atoms with van der Waals surface area (Å²) < 4.78 is 11.6. The van der Waals surface area contributed by atoms with Gasteiger partial charge in [-0.2, -0.15) is 0 Å². The molecule has 5 rings (SSSR count). The lowest BCUT2D eigenvalue weighted by Crippen LogP contribution is -2.67. The van der Waals surface area contributed by atoms with Gasteiger partial charge >= 0.3 is 0 Å². The zero-order chi connectivity index (χ0) is 28.4. The highest BCUT2D eigenvalue weighted by atomic mass is 16.5. The first-order valence-corrected chi connectivity index (χ1v) is 13.6. The van der Waals surface area contributed by atoms with Crippen LogP contribution in [0.5, 0.6) is 11.5 Å². The minimum atomic E-state index is -2.37. The molecule has 1 aromatic carbocycles. The molecule has 3 N–H and O–H groups in total. The molecule has 3 fully saturated rings. The number of Topliss-reactive ketones (excluding diaryl/α,β-unsaturated/α-hetero) is 4. The van der Waals surface area contributed by atoms with Gasteiger partial charge in [-0.05, 0) is 37.7 Å². The molecule has 0 radical (unpaired) electrons. The van der Waals surface area contributed by atoms with E-state index in [1.54, 1.807) is 0 Å². The Morgan fingerprint density at radius 2 is 2.00 bits per heavy atom. The topological polar surface area (TPSA) is 154 Å². The molecule has 10 nitrogen and oxygen atoms in total. The van der Waals surface area contributed by atoms with Crippen molar-refractivity contribution >= 4 is 28.8 Å². The second-order valence-corrected chi connectivity index (χ2v) is 11.8. The molecule has 4 aliphatic rings. The predicted octanol–water partition coefficient (Wildman–Crippen LogP) is 1.92. The number of phenols is 1. The zero-order valence-electron chi connectivity index (χ0n) is 22.8. The molecular formula is C29H36N2O8. The van der Waals surface area contributed by atoms with E-state index >= 15 is 0 Å². The summed E-state index contributed by atoms with van der Waals surface area (Å²) in [5.41, 5.74) is -1.81. The minimum absolute atomic E-state index is 0.0130. The van der Waals surface area contributed by atoms with Gasteiger partial charge in [-0.25, -0.2) is 0 Å². The molecule has 6 atom stereocenters. The van der Waals surface area contributed by atoms with E-state index in [2.05, 4.69) is 18.7 Å². The van der Waals surface area contributed by atoms with Crippen LogP contribution in [0.25, 0.3) is 0 Å². The number of fused-ring (bicyclic) bond motifs is 3. The Morgan fingerprint density at radius 1 is 1.28 bits per heavy atom. The van der Waals surface area contributed by atoms with Crippen LogP contribution in [-0.4, -0.2) is 83.0 Å². The summed E-state index contributed by atoms with van der Waals surface area (Å²) in [7, 11) is 1.51. The maximum Gasteiger partial charge on any atom is 0.181 e. The number of ether oxygens (including phenoxy) is 2. The molecule has 1 aliphatic heterocycles. The Bertz CT molecular complexity index is 1270. The van der Waals surface area contributed by atoms with Crippen LogP contribution in [-0.2, 0) is 25.5 Å². The molecule has 1 saturated heterocycles. The Hall–Kier alpha value is -2.95. The molecule has 0 aromatic heterocycles. The third kappa shape index (κ3) is 4.15. The van der Waals surface area contributed by atoms with Crippen LogP contribution >= 0.6 is 0 Å². The fraction of sp³-hybridized carbons (Fsp3) is 0.621. The molecule has 10 heteroatoms. The number of hydrogen-bond acceptors (Lipinski definition) is 10. The lowest BCUT2D eigenvalue weighted by molar-refractivity contribution is -0.151. The van der Waals surface area contributed by atoms with Crippen LogP contribution < -0.4 is 4.74 Å². The molecule has 210 valence electrons. The number of aliphatic hydroxyl groups is 1. The number of ketones is 4. The second kappa shape index (κ2) is 9.91. The Labute approximate surface area is 227 Å². The number of nitrogens with zero attached hydrogens (tertiary/aromatic N) is 1. The molecular weight excluding hydrogens is 504 g/mol. The summed E-state index contributed by atoms with van der Waals surface area (Å²) >= 11 is 0. The first-order valence-electron chi connectivity index (χ1n) is 13.6. The number of benzene rings is 1. The van der Waals surface area contributed by atoms with Crippen molar-refractivity contribution < 1.29 is 38.9 Å². The number of phenolic OH excluding ortho intramolecular Hbond substituents is 1. The quantitative estimate of drug-likeness (QED) is 0.475. The lowest BCUT2D eigenvalue weighted by Gasteiger charge is -2.50. The number of carbonyl (C=O) groups excluding carboxylic acids is 4. The van der Waals surface area contributed by atoms with Crippen LogP contribution in [0.15, 0.2) is 6.07 Å². The van der Waals surface area contributed by atoms with Gasteiger partial charge in [0.05, 0.1) is 43.6 Å². The van der Waals surface area contributed by atoms with Crippen molar-refractivity contribution in [3.63, 3.8) is 0 Å². The Kier molecular flexibility index (Phi) is 7.01. The van der Waals surface area contributed by atoms with Gasteiger partial charge in [0, 0.05) is 36.6 Å². The van der Waals surface area contributed by atoms with Gasteiger partial charge in [0.2, 0.25) is 0 Å². The van der Waals surface area contributed by atoms with E-state index in [1.807, 2.05) is 0 Å². The van der Waals surface area contributed by atoms with Crippen molar-refractivity contribution in [3.05, 3.63) is 22.8 Å². The molecule has 2 saturated carbocycles. The van der Waals surface area contributed by atoms with E-state index in [-0.39, 0.29) is 36.6 Å². The maximum atomic E-state index is 13.9. The average Bonchev–Trinajstić information content (AvgIpc) is 2.85. The molecule has 0 spiro atoms. The fourth-order valence-corrected chi connectivity index (χ4v) is 7.33. The van der Waals surface area contributed by atoms with E-state index in [0.717, 1.165) is 13.5 Å². The smallest absolute Gasteiger partial charge is 0.181 e. The van der Waals surface area contributed by atoms with Gasteiger partial charge in [0.1, 0.15) is 29.0 Å². The average molecular weight is 541 g/mol. The summed E-state index contributed by atoms with van der Waals surface area (Å²) in [6, 6.07) is 1.32. The van der Waals surface area contributed by atoms with E-state index in [4.69, 9.17) is 14.9 Å². The molecule has 3 aliphatic carbocycles. The van der Waals surface area contributed by atoms with Gasteiger partial charge < -0.3 is 25.1 Å². The Morgan fingerprint density at radius 3 is 2.64 bits per heavy atom. The molecule has 6 unspecified atom stereocenters. The highest BCUT2D eigenvalue weighted by Crippen LogP contribution is 2.52. The SMILES string of the molecule is COc1c(C2COCCN2CC(C)C)cc(O)c2c1CC1CC3CC(=O)C(C(C)=O)C(=N)C3(O)C(=O)C1C2=O. The summed E-state index contributed by atoms with van der Waals surface area (Å²) in [6.07, 6.45) is 0.159. The molecule has 0 amide bonds. The van der Waals surface area contributed by atoms with Gasteiger partial charge in [-0.3, -0.25) is 24.1 Å². The number of hydrogen-bond donors (Lipinski definition) is 3. The number of rotatable bonds is 5. The number of aromatic hydroxyl groups is 1. The lowest BCUT2D eigenvalue weighted by atomic mass is 9.53. The predicted molar refractivity (Wildman–Crippen MR) is 139 cm³/mol. The zero-order valence-corrected chi connectivity index (χ0v) is 22.8. The third-order valence-electron chi connectivity index (χ3n) is 8.97. The van der Waals surface area contributed by atoms with Gasteiger partial charge in [0.25, 0.3) is 0 Å². The van der Waals surface area contributed by atoms with Crippen LogP contribution in [0.2, 0.25) is 0 Å². The summed E-state index contributed by atoms with van der Waals surface area (Å²) in [6.45, 7) is 7.93. The van der Waals surface area contributed by atoms with Crippen molar-refractivity contribution in [2.24, 2.45) is 29.6 Å². The fourth-order valence-electron chi connectivity index (χ4n) is 7.33. The van der Waals surface area contributed by atoms with Gasteiger partial charge in [-0.1, -0.05) is 13.8 Å². The maximum absolute atomic E-state index is 13.9. The highest BCUT2D eigenvalue weighted by Gasteiger charge is 2.64. The van der Waals surface area contributed by atoms with E-state index < -0.39 is 58.1 Å². The monoisotopic (exact) mass is 540 g/mol. The van der Waals surface area contributed by atoms with Crippen molar-refractivity contribution in [2.75, 3.05) is 33.4 Å². The largest absolute Gasteiger partial charge is 0.507 e. The normalized spacial score (nSPS) is 33.0. The first-order chi connectivity index (χ1) is 18.4. The van der Waals surface area contributed by atoms with E-state index in [1.165, 1.54) is 13.2 Å². The van der Waals surface area contributed by atoms with Gasteiger partial charge in [-0.15, -0.1) is 0 Å². The molecule has 1 aromatic rings. The van der Waals surface area contributed by atoms with Crippen molar-refractivity contribution in [1.82, 2.24) is 4.90 Å². The van der Waals surface area contributed by atoms with Crippen molar-refractivity contribution in [1.29, 1.82) is 5.41 Å². The third-order valence-corrected chi connectivity index (χ3v) is 8.97. The number of nitrogens with one attached hydrogen (secondary N) is 1. The number of morpholine rings is 1. The van der Waals surface area contributed by atoms with Crippen LogP contribution in [0.3, 0.4) is 0 Å². The molecule has 39 heavy (non-hydrogen) atoms. The molecule has 1 heterocycles. The summed E-state index contributed by atoms with van der Waals surface area (Å²) in [5.74, 6) is -6.22. The van der Waals surface area contributed by atoms with Crippen LogP contribution in [0.1, 0.15) is 61.1 Å². The van der Waals surface area contributed by atoms with E-state index in [0.29, 0.717) is 42.6 Å². The standard InChI is InChI=1S/C29H36N2O8/c1-13(2)11-31-5-6-39-12-19(31)17-10-21(34)24-18(26(17)38-4)8-15-7-16-9-20(33)22(14(3)32)27(30)29(16,37)28(36)23(15)25(24)35/h10,13,15-16,19,22-23,30,34,37H,5-9,11-12H2,1-4H3. The number of methoxy groups -OCH3 is 1. The van der Waals surface area contributed by atoms with Gasteiger partial charge in [0.15, 0.2) is 17.2 Å².